The molecule has 4 heteroatoms. The number of hydrogen-bond acceptors (Lipinski definition) is 3. The number of carbonyl (C=O) groups excluding carboxylic acids is 1. The Hall–Kier alpha value is -2.33. The molecule has 2 atom stereocenters. The first-order valence-electron chi connectivity index (χ1n) is 9.25. The maximum absolute atomic E-state index is 12.5. The van der Waals surface area contributed by atoms with Gasteiger partial charge in [-0.2, -0.15) is 0 Å². The Morgan fingerprint density at radius 2 is 1.54 bits per heavy atom. The monoisotopic (exact) mass is 354 g/mol. The summed E-state index contributed by atoms with van der Waals surface area (Å²) in [6, 6.07) is 15.8. The molecule has 4 nitrogen and oxygen atoms in total. The third-order valence-electron chi connectivity index (χ3n) is 4.62. The van der Waals surface area contributed by atoms with Crippen LogP contribution >= 0.6 is 0 Å². The molecule has 2 aromatic rings. The molecule has 1 amide bonds. The van der Waals surface area contributed by atoms with Gasteiger partial charge in [0.2, 0.25) is 5.91 Å². The number of nitrogens with one attached hydrogen (secondary N) is 2. The van der Waals surface area contributed by atoms with E-state index < -0.39 is 0 Å². The zero-order chi connectivity index (χ0) is 19.1. The highest BCUT2D eigenvalue weighted by Crippen LogP contribution is 2.21. The molecule has 2 aromatic carbocycles. The van der Waals surface area contributed by atoms with Gasteiger partial charge in [-0.3, -0.25) is 10.1 Å². The molecule has 0 heterocycles. The van der Waals surface area contributed by atoms with Crippen LogP contribution in [0.25, 0.3) is 0 Å². The second-order valence-corrected chi connectivity index (χ2v) is 6.89. The number of anilines is 1. The number of methoxy groups -OCH3 is 1. The van der Waals surface area contributed by atoms with Crippen LogP contribution in [0.4, 0.5) is 5.69 Å². The van der Waals surface area contributed by atoms with Gasteiger partial charge in [0.05, 0.1) is 13.2 Å². The molecule has 0 fully saturated rings. The molecule has 0 saturated heterocycles. The van der Waals surface area contributed by atoms with Crippen LogP contribution in [0.2, 0.25) is 0 Å². The van der Waals surface area contributed by atoms with E-state index in [-0.39, 0.29) is 18.0 Å². The van der Waals surface area contributed by atoms with Gasteiger partial charge in [0.15, 0.2) is 0 Å². The van der Waals surface area contributed by atoms with Crippen molar-refractivity contribution in [3.05, 3.63) is 59.7 Å². The van der Waals surface area contributed by atoms with Crippen LogP contribution < -0.4 is 15.4 Å². The van der Waals surface area contributed by atoms with Gasteiger partial charge in [0.1, 0.15) is 5.75 Å². The summed E-state index contributed by atoms with van der Waals surface area (Å²) in [6.45, 7) is 8.31. The van der Waals surface area contributed by atoms with Crippen molar-refractivity contribution in [2.45, 2.75) is 52.1 Å². The lowest BCUT2D eigenvalue weighted by Crippen LogP contribution is -2.40. The SMILES string of the molecule is CC[C@@H](N[C@H](C)C(=O)Nc1ccc(C(C)C)cc1)c1ccc(OC)cc1. The van der Waals surface area contributed by atoms with Gasteiger partial charge in [-0.05, 0) is 54.7 Å². The molecule has 0 bridgehead atoms. The molecule has 26 heavy (non-hydrogen) atoms. The molecule has 0 unspecified atom stereocenters. The van der Waals surface area contributed by atoms with Crippen LogP contribution in [-0.2, 0) is 4.79 Å². The molecule has 0 aliphatic rings. The summed E-state index contributed by atoms with van der Waals surface area (Å²) in [7, 11) is 1.66. The lowest BCUT2D eigenvalue weighted by atomic mass is 10.0. The zero-order valence-electron chi connectivity index (χ0n) is 16.4. The van der Waals surface area contributed by atoms with E-state index in [1.54, 1.807) is 7.11 Å². The fourth-order valence-electron chi connectivity index (χ4n) is 2.87. The zero-order valence-corrected chi connectivity index (χ0v) is 16.4. The van der Waals surface area contributed by atoms with Gasteiger partial charge in [-0.25, -0.2) is 0 Å². The van der Waals surface area contributed by atoms with E-state index in [1.165, 1.54) is 5.56 Å². The topological polar surface area (TPSA) is 50.4 Å². The fourth-order valence-corrected chi connectivity index (χ4v) is 2.87. The van der Waals surface area contributed by atoms with Crippen molar-refractivity contribution in [2.24, 2.45) is 0 Å². The first-order chi connectivity index (χ1) is 12.4. The van der Waals surface area contributed by atoms with Crippen LogP contribution in [0.15, 0.2) is 48.5 Å². The van der Waals surface area contributed by atoms with Crippen molar-refractivity contribution in [2.75, 3.05) is 12.4 Å². The predicted molar refractivity (Wildman–Crippen MR) is 108 cm³/mol. The summed E-state index contributed by atoms with van der Waals surface area (Å²) in [5, 5.41) is 6.40. The lowest BCUT2D eigenvalue weighted by Gasteiger charge is -2.22. The number of carbonyl (C=O) groups is 1. The minimum atomic E-state index is -0.299. The summed E-state index contributed by atoms with van der Waals surface area (Å²) in [5.41, 5.74) is 3.24. The molecule has 2 rings (SSSR count). The summed E-state index contributed by atoms with van der Waals surface area (Å²) in [5.74, 6) is 1.28. The second-order valence-electron chi connectivity index (χ2n) is 6.89. The number of amides is 1. The predicted octanol–water partition coefficient (Wildman–Crippen LogP) is 4.89. The minimum Gasteiger partial charge on any atom is -0.497 e. The van der Waals surface area contributed by atoms with Crippen molar-refractivity contribution in [1.29, 1.82) is 0 Å². The van der Waals surface area contributed by atoms with Crippen LogP contribution in [0.1, 0.15) is 57.2 Å². The standard InChI is InChI=1S/C22H30N2O2/c1-6-21(18-9-13-20(26-5)14-10-18)23-16(4)22(25)24-19-11-7-17(8-12-19)15(2)3/h7-16,21,23H,6H2,1-5H3,(H,24,25)/t16-,21-/m1/s1. The Balaban J connectivity index is 1.97. The first-order valence-corrected chi connectivity index (χ1v) is 9.25. The molecule has 0 spiro atoms. The van der Waals surface area contributed by atoms with Gasteiger partial charge in [-0.1, -0.05) is 45.0 Å². The number of benzene rings is 2. The highest BCUT2D eigenvalue weighted by atomic mass is 16.5. The van der Waals surface area contributed by atoms with E-state index in [9.17, 15) is 4.79 Å². The van der Waals surface area contributed by atoms with Crippen molar-refractivity contribution >= 4 is 11.6 Å². The van der Waals surface area contributed by atoms with E-state index >= 15 is 0 Å². The quantitative estimate of drug-likeness (QED) is 0.710. The van der Waals surface area contributed by atoms with Gasteiger partial charge in [-0.15, -0.1) is 0 Å². The second kappa shape index (κ2) is 9.39. The van der Waals surface area contributed by atoms with Gasteiger partial charge >= 0.3 is 0 Å². The Bertz CT molecular complexity index is 693. The molecule has 0 saturated carbocycles. The first kappa shape index (κ1) is 20.0. The van der Waals surface area contributed by atoms with Crippen molar-refractivity contribution in [3.63, 3.8) is 0 Å². The lowest BCUT2D eigenvalue weighted by molar-refractivity contribution is -0.118. The van der Waals surface area contributed by atoms with Crippen LogP contribution in [0, 0.1) is 0 Å². The summed E-state index contributed by atoms with van der Waals surface area (Å²) < 4.78 is 5.21. The largest absolute Gasteiger partial charge is 0.497 e. The molecular weight excluding hydrogens is 324 g/mol. The number of hydrogen-bond donors (Lipinski definition) is 2. The average molecular weight is 354 g/mol. The van der Waals surface area contributed by atoms with E-state index in [2.05, 4.69) is 43.5 Å². The maximum atomic E-state index is 12.5. The summed E-state index contributed by atoms with van der Waals surface area (Å²) in [4.78, 5) is 12.5. The molecular formula is C22H30N2O2. The van der Waals surface area contributed by atoms with E-state index in [0.717, 1.165) is 23.4 Å². The summed E-state index contributed by atoms with van der Waals surface area (Å²) in [6.07, 6.45) is 0.896. The third kappa shape index (κ3) is 5.33. The van der Waals surface area contributed by atoms with Crippen molar-refractivity contribution < 1.29 is 9.53 Å². The highest BCUT2D eigenvalue weighted by Gasteiger charge is 2.18. The Morgan fingerprint density at radius 3 is 2.04 bits per heavy atom. The smallest absolute Gasteiger partial charge is 0.241 e. The van der Waals surface area contributed by atoms with Crippen molar-refractivity contribution in [3.8, 4) is 5.75 Å². The highest BCUT2D eigenvalue weighted by molar-refractivity contribution is 5.94. The minimum absolute atomic E-state index is 0.0331. The molecule has 2 N–H and O–H groups in total. The number of ether oxygens (including phenoxy) is 1. The van der Waals surface area contributed by atoms with E-state index in [1.807, 2.05) is 43.3 Å². The average Bonchev–Trinajstić information content (AvgIpc) is 2.66. The maximum Gasteiger partial charge on any atom is 0.241 e. The van der Waals surface area contributed by atoms with Crippen LogP contribution in [-0.4, -0.2) is 19.1 Å². The summed E-state index contributed by atoms with van der Waals surface area (Å²) >= 11 is 0. The Morgan fingerprint density at radius 1 is 0.962 bits per heavy atom. The Kier molecular flexibility index (Phi) is 7.22. The molecule has 0 radical (unpaired) electrons. The molecule has 0 aliphatic heterocycles. The normalized spacial score (nSPS) is 13.3. The third-order valence-corrected chi connectivity index (χ3v) is 4.62. The van der Waals surface area contributed by atoms with Crippen LogP contribution in [0.3, 0.4) is 0 Å². The fraction of sp³-hybridized carbons (Fsp3) is 0.409. The molecule has 140 valence electrons. The van der Waals surface area contributed by atoms with Gasteiger partial charge < -0.3 is 10.1 Å². The van der Waals surface area contributed by atoms with Crippen LogP contribution in [0.5, 0.6) is 5.75 Å². The van der Waals surface area contributed by atoms with Crippen molar-refractivity contribution in [1.82, 2.24) is 5.32 Å². The molecule has 0 aromatic heterocycles. The Labute approximate surface area is 157 Å². The van der Waals surface area contributed by atoms with E-state index in [4.69, 9.17) is 4.74 Å². The number of rotatable bonds is 8. The molecule has 0 aliphatic carbocycles. The van der Waals surface area contributed by atoms with E-state index in [0.29, 0.717) is 5.92 Å². The van der Waals surface area contributed by atoms with Gasteiger partial charge in [0, 0.05) is 11.7 Å². The van der Waals surface area contributed by atoms with Gasteiger partial charge in [0.25, 0.3) is 0 Å².